The molecule has 0 bridgehead atoms. The van der Waals surface area contributed by atoms with Gasteiger partial charge in [0.1, 0.15) is 29.6 Å². The number of aromatic nitrogens is 2. The van der Waals surface area contributed by atoms with E-state index in [0.717, 1.165) is 31.6 Å². The van der Waals surface area contributed by atoms with E-state index in [9.17, 15) is 9.50 Å². The molecule has 4 atom stereocenters. The molecule has 32 heavy (non-hydrogen) atoms. The zero-order valence-electron chi connectivity index (χ0n) is 17.3. The quantitative estimate of drug-likeness (QED) is 0.646. The van der Waals surface area contributed by atoms with Crippen LogP contribution in [0.1, 0.15) is 12.8 Å². The van der Waals surface area contributed by atoms with Gasteiger partial charge in [-0.05, 0) is 30.5 Å². The van der Waals surface area contributed by atoms with Gasteiger partial charge in [-0.15, -0.1) is 0 Å². The van der Waals surface area contributed by atoms with Gasteiger partial charge in [0.15, 0.2) is 11.9 Å². The molecule has 7 nitrogen and oxygen atoms in total. The predicted molar refractivity (Wildman–Crippen MR) is 113 cm³/mol. The van der Waals surface area contributed by atoms with Crippen LogP contribution in [0.5, 0.6) is 6.01 Å². The fourth-order valence-electron chi connectivity index (χ4n) is 4.88. The second-order valence-corrected chi connectivity index (χ2v) is 8.55. The standard InChI is InChI=1S/C23H23F2N3O4/c24-14-9-15-20(27-23(26-15)32-17-11-31-21-16(29)10-30-22(17)21)19(25)18(14)12-3-5-13(6-4-12)28-7-1-2-8-28/h3-6,9,16-17,21-22,29H,1-2,7-8,10-11H2,(H,26,27)/t16?,17?,21-,22-/m1/s1. The lowest BCUT2D eigenvalue weighted by atomic mass is 10.0. The number of nitrogens with zero attached hydrogens (tertiary/aromatic N) is 2. The molecule has 2 N–H and O–H groups in total. The van der Waals surface area contributed by atoms with Crippen molar-refractivity contribution in [1.29, 1.82) is 0 Å². The molecule has 3 aliphatic rings. The van der Waals surface area contributed by atoms with Crippen LogP contribution in [0.3, 0.4) is 0 Å². The summed E-state index contributed by atoms with van der Waals surface area (Å²) in [6.07, 6.45) is 0.246. The van der Waals surface area contributed by atoms with Gasteiger partial charge in [-0.1, -0.05) is 12.1 Å². The molecule has 3 saturated heterocycles. The minimum Gasteiger partial charge on any atom is -0.456 e. The Morgan fingerprint density at radius 2 is 1.81 bits per heavy atom. The summed E-state index contributed by atoms with van der Waals surface area (Å²) >= 11 is 0. The van der Waals surface area contributed by atoms with Crippen molar-refractivity contribution in [1.82, 2.24) is 9.97 Å². The van der Waals surface area contributed by atoms with Crippen molar-refractivity contribution in [2.75, 3.05) is 31.2 Å². The van der Waals surface area contributed by atoms with Gasteiger partial charge >= 0.3 is 0 Å². The predicted octanol–water partition coefficient (Wildman–Crippen LogP) is 3.01. The molecule has 0 amide bonds. The van der Waals surface area contributed by atoms with Gasteiger partial charge in [0.05, 0.1) is 24.3 Å². The SMILES string of the molecule is OC1CO[C@@H]2C(Oc3nc4c(F)c(-c5ccc(N6CCCC6)cc5)c(F)cc4[nH]3)CO[C@H]12. The number of imidazole rings is 1. The highest BCUT2D eigenvalue weighted by Crippen LogP contribution is 2.34. The van der Waals surface area contributed by atoms with Gasteiger partial charge in [-0.25, -0.2) is 8.78 Å². The molecule has 3 fully saturated rings. The summed E-state index contributed by atoms with van der Waals surface area (Å²) in [5.41, 5.74) is 1.60. The Morgan fingerprint density at radius 1 is 1.06 bits per heavy atom. The smallest absolute Gasteiger partial charge is 0.295 e. The van der Waals surface area contributed by atoms with Crippen LogP contribution in [0.25, 0.3) is 22.2 Å². The molecule has 0 spiro atoms. The number of fused-ring (bicyclic) bond motifs is 2. The molecule has 3 aliphatic heterocycles. The average Bonchev–Trinajstić information content (AvgIpc) is 3.56. The number of benzene rings is 2. The first kappa shape index (κ1) is 19.9. The molecule has 9 heteroatoms. The number of aliphatic hydroxyl groups is 1. The second kappa shape index (κ2) is 7.68. The Labute approximate surface area is 182 Å². The van der Waals surface area contributed by atoms with Crippen molar-refractivity contribution in [2.45, 2.75) is 37.3 Å². The topological polar surface area (TPSA) is 79.8 Å². The van der Waals surface area contributed by atoms with E-state index in [1.807, 2.05) is 12.1 Å². The van der Waals surface area contributed by atoms with Crippen LogP contribution in [-0.2, 0) is 9.47 Å². The molecule has 2 aromatic carbocycles. The zero-order valence-corrected chi connectivity index (χ0v) is 17.3. The maximum atomic E-state index is 15.3. The van der Waals surface area contributed by atoms with E-state index in [-0.39, 0.29) is 35.8 Å². The van der Waals surface area contributed by atoms with E-state index < -0.39 is 36.1 Å². The lowest BCUT2D eigenvalue weighted by Gasteiger charge is -2.18. The number of anilines is 1. The number of H-pyrrole nitrogens is 1. The molecule has 2 unspecified atom stereocenters. The van der Waals surface area contributed by atoms with Gasteiger partial charge in [0.2, 0.25) is 0 Å². The molecule has 168 valence electrons. The minimum atomic E-state index is -0.742. The number of halogens is 2. The average molecular weight is 443 g/mol. The summed E-state index contributed by atoms with van der Waals surface area (Å²) in [4.78, 5) is 9.31. The first-order chi connectivity index (χ1) is 15.6. The summed E-state index contributed by atoms with van der Waals surface area (Å²) in [5, 5.41) is 9.86. The first-order valence-electron chi connectivity index (χ1n) is 10.9. The van der Waals surface area contributed by atoms with Crippen molar-refractivity contribution < 1.29 is 28.1 Å². The molecule has 6 rings (SSSR count). The third-order valence-electron chi connectivity index (χ3n) is 6.52. The Bertz CT molecular complexity index is 1150. The first-order valence-corrected chi connectivity index (χ1v) is 10.9. The molecule has 0 saturated carbocycles. The lowest BCUT2D eigenvalue weighted by Crippen LogP contribution is -2.34. The van der Waals surface area contributed by atoms with Crippen LogP contribution in [-0.4, -0.2) is 65.8 Å². The number of aromatic amines is 1. The van der Waals surface area contributed by atoms with Crippen LogP contribution in [0.2, 0.25) is 0 Å². The van der Waals surface area contributed by atoms with Crippen molar-refractivity contribution in [3.63, 3.8) is 0 Å². The van der Waals surface area contributed by atoms with Crippen molar-refractivity contribution >= 4 is 16.7 Å². The molecular formula is C23H23F2N3O4. The van der Waals surface area contributed by atoms with Crippen LogP contribution >= 0.6 is 0 Å². The maximum absolute atomic E-state index is 15.3. The van der Waals surface area contributed by atoms with E-state index in [1.54, 1.807) is 12.1 Å². The normalized spacial score (nSPS) is 27.4. The molecule has 1 aromatic heterocycles. The Hall–Kier alpha value is -2.75. The number of nitrogens with one attached hydrogen (secondary N) is 1. The van der Waals surface area contributed by atoms with Gasteiger partial charge in [0, 0.05) is 24.8 Å². The van der Waals surface area contributed by atoms with E-state index in [1.165, 1.54) is 6.07 Å². The van der Waals surface area contributed by atoms with Crippen molar-refractivity contribution in [2.24, 2.45) is 0 Å². The maximum Gasteiger partial charge on any atom is 0.295 e. The molecule has 0 radical (unpaired) electrons. The molecule has 4 heterocycles. The van der Waals surface area contributed by atoms with E-state index in [4.69, 9.17) is 14.2 Å². The van der Waals surface area contributed by atoms with Gasteiger partial charge in [-0.3, -0.25) is 0 Å². The number of ether oxygens (including phenoxy) is 3. The van der Waals surface area contributed by atoms with Crippen LogP contribution in [0.15, 0.2) is 30.3 Å². The highest BCUT2D eigenvalue weighted by molar-refractivity contribution is 5.84. The molecule has 0 aliphatic carbocycles. The highest BCUT2D eigenvalue weighted by atomic mass is 19.1. The van der Waals surface area contributed by atoms with E-state index in [0.29, 0.717) is 5.56 Å². The summed E-state index contributed by atoms with van der Waals surface area (Å²) in [6, 6.07) is 8.56. The largest absolute Gasteiger partial charge is 0.456 e. The third kappa shape index (κ3) is 3.23. The number of hydrogen-bond donors (Lipinski definition) is 2. The summed E-state index contributed by atoms with van der Waals surface area (Å²) in [7, 11) is 0. The fraction of sp³-hybridized carbons (Fsp3) is 0.435. The van der Waals surface area contributed by atoms with Gasteiger partial charge < -0.3 is 29.2 Å². The lowest BCUT2D eigenvalue weighted by molar-refractivity contribution is 0.00706. The van der Waals surface area contributed by atoms with E-state index in [2.05, 4.69) is 14.9 Å². The summed E-state index contributed by atoms with van der Waals surface area (Å²) < 4.78 is 47.1. The molecular weight excluding hydrogens is 420 g/mol. The van der Waals surface area contributed by atoms with Crippen LogP contribution in [0, 0.1) is 11.6 Å². The van der Waals surface area contributed by atoms with Gasteiger partial charge in [0.25, 0.3) is 6.01 Å². The second-order valence-electron chi connectivity index (χ2n) is 8.55. The number of hydrogen-bond acceptors (Lipinski definition) is 6. The zero-order chi connectivity index (χ0) is 21.8. The van der Waals surface area contributed by atoms with Crippen LogP contribution < -0.4 is 9.64 Å². The number of rotatable bonds is 4. The fourth-order valence-corrected chi connectivity index (χ4v) is 4.88. The number of aliphatic hydroxyl groups excluding tert-OH is 1. The van der Waals surface area contributed by atoms with Crippen molar-refractivity contribution in [3.8, 4) is 17.1 Å². The molecule has 3 aromatic rings. The van der Waals surface area contributed by atoms with Crippen LogP contribution in [0.4, 0.5) is 14.5 Å². The van der Waals surface area contributed by atoms with E-state index >= 15 is 4.39 Å². The monoisotopic (exact) mass is 443 g/mol. The Morgan fingerprint density at radius 3 is 2.59 bits per heavy atom. The van der Waals surface area contributed by atoms with Gasteiger partial charge in [-0.2, -0.15) is 4.98 Å². The third-order valence-corrected chi connectivity index (χ3v) is 6.52. The summed E-state index contributed by atoms with van der Waals surface area (Å²) in [5.74, 6) is -1.42. The summed E-state index contributed by atoms with van der Waals surface area (Å²) in [6.45, 7) is 2.40. The minimum absolute atomic E-state index is 0.00265. The Balaban J connectivity index is 1.29. The Kier molecular flexibility index (Phi) is 4.78. The van der Waals surface area contributed by atoms with Crippen molar-refractivity contribution in [3.05, 3.63) is 42.0 Å². The highest BCUT2D eigenvalue weighted by Gasteiger charge is 2.48.